The molecule has 1 N–H and O–H groups in total. The number of nitrogens with zero attached hydrogens (tertiary/aromatic N) is 2. The molecular formula is C14H14BrN3O2S3. The normalized spacial score (nSPS) is 11.9. The summed E-state index contributed by atoms with van der Waals surface area (Å²) >= 11 is 6.14. The van der Waals surface area contributed by atoms with Crippen LogP contribution in [0.1, 0.15) is 4.88 Å². The SMILES string of the molecule is Cn1cc(-c2ccc(CCNS(=O)(=O)c3ccc(Br)s3)s2)cn1. The van der Waals surface area contributed by atoms with Crippen LogP contribution >= 0.6 is 38.6 Å². The highest BCUT2D eigenvalue weighted by Gasteiger charge is 2.16. The van der Waals surface area contributed by atoms with E-state index >= 15 is 0 Å². The van der Waals surface area contributed by atoms with E-state index in [0.717, 1.165) is 19.1 Å². The number of aromatic nitrogens is 2. The fourth-order valence-corrected chi connectivity index (χ4v) is 6.11. The minimum absolute atomic E-state index is 0.326. The Labute approximate surface area is 151 Å². The molecule has 0 spiro atoms. The van der Waals surface area contributed by atoms with Gasteiger partial charge in [-0.25, -0.2) is 13.1 Å². The predicted octanol–water partition coefficient (Wildman–Crippen LogP) is 3.49. The van der Waals surface area contributed by atoms with Gasteiger partial charge in [0.25, 0.3) is 0 Å². The lowest BCUT2D eigenvalue weighted by Gasteiger charge is -2.03. The quantitative estimate of drug-likeness (QED) is 0.649. The minimum atomic E-state index is -3.42. The summed E-state index contributed by atoms with van der Waals surface area (Å²) in [7, 11) is -1.54. The zero-order valence-corrected chi connectivity index (χ0v) is 16.2. The van der Waals surface area contributed by atoms with Crippen molar-refractivity contribution >= 4 is 48.6 Å². The number of sulfonamides is 1. The topological polar surface area (TPSA) is 64.0 Å². The summed E-state index contributed by atoms with van der Waals surface area (Å²) in [6.45, 7) is 0.380. The second-order valence-corrected chi connectivity index (χ2v) is 10.5. The van der Waals surface area contributed by atoms with Gasteiger partial charge in [0.2, 0.25) is 10.0 Å². The van der Waals surface area contributed by atoms with Crippen molar-refractivity contribution in [2.45, 2.75) is 10.6 Å². The van der Waals surface area contributed by atoms with Gasteiger partial charge in [0.15, 0.2) is 0 Å². The molecule has 122 valence electrons. The summed E-state index contributed by atoms with van der Waals surface area (Å²) in [4.78, 5) is 2.28. The molecule has 0 unspecified atom stereocenters. The van der Waals surface area contributed by atoms with E-state index < -0.39 is 10.0 Å². The van der Waals surface area contributed by atoms with Gasteiger partial charge in [0, 0.05) is 35.1 Å². The first kappa shape index (κ1) is 16.8. The molecule has 5 nitrogen and oxygen atoms in total. The molecule has 3 aromatic rings. The van der Waals surface area contributed by atoms with Crippen molar-refractivity contribution in [3.63, 3.8) is 0 Å². The third-order valence-corrected chi connectivity index (χ3v) is 7.90. The van der Waals surface area contributed by atoms with Crippen LogP contribution in [0.5, 0.6) is 0 Å². The second-order valence-electron chi connectivity index (χ2n) is 4.87. The molecule has 23 heavy (non-hydrogen) atoms. The van der Waals surface area contributed by atoms with Crippen LogP contribution in [0.3, 0.4) is 0 Å². The van der Waals surface area contributed by atoms with E-state index in [1.165, 1.54) is 11.3 Å². The van der Waals surface area contributed by atoms with E-state index in [2.05, 4.69) is 25.8 Å². The molecule has 3 aromatic heterocycles. The molecule has 0 aromatic carbocycles. The Morgan fingerprint density at radius 1 is 1.26 bits per heavy atom. The summed E-state index contributed by atoms with van der Waals surface area (Å²) in [6.07, 6.45) is 4.46. The first-order valence-electron chi connectivity index (χ1n) is 6.77. The van der Waals surface area contributed by atoms with Crippen LogP contribution < -0.4 is 4.72 Å². The Hall–Kier alpha value is -1.00. The maximum absolute atomic E-state index is 12.1. The zero-order chi connectivity index (χ0) is 16.4. The Balaban J connectivity index is 1.60. The molecule has 0 bridgehead atoms. The van der Waals surface area contributed by atoms with Gasteiger partial charge in [-0.2, -0.15) is 5.10 Å². The second kappa shape index (κ2) is 6.86. The average molecular weight is 432 g/mol. The summed E-state index contributed by atoms with van der Waals surface area (Å²) in [6, 6.07) is 7.41. The van der Waals surface area contributed by atoms with Crippen molar-refractivity contribution in [1.29, 1.82) is 0 Å². The first-order chi connectivity index (χ1) is 10.9. The molecule has 3 heterocycles. The van der Waals surface area contributed by atoms with Crippen molar-refractivity contribution < 1.29 is 8.42 Å². The van der Waals surface area contributed by atoms with Crippen molar-refractivity contribution in [1.82, 2.24) is 14.5 Å². The molecule has 0 aliphatic carbocycles. The number of thiophene rings is 2. The van der Waals surface area contributed by atoms with Gasteiger partial charge in [-0.15, -0.1) is 22.7 Å². The standard InChI is InChI=1S/C14H14BrN3O2S3/c1-18-9-10(8-16-18)12-3-2-11(21-12)6-7-17-23(19,20)14-5-4-13(15)22-14/h2-5,8-9,17H,6-7H2,1H3. The Morgan fingerprint density at radius 2 is 2.09 bits per heavy atom. The summed E-state index contributed by atoms with van der Waals surface area (Å²) in [5.41, 5.74) is 1.08. The van der Waals surface area contributed by atoms with Crippen LogP contribution in [0.25, 0.3) is 10.4 Å². The van der Waals surface area contributed by atoms with Gasteiger partial charge < -0.3 is 0 Å². The Kier molecular flexibility index (Phi) is 5.02. The fourth-order valence-electron chi connectivity index (χ4n) is 2.04. The average Bonchev–Trinajstić information content (AvgIpc) is 3.19. The molecule has 3 rings (SSSR count). The van der Waals surface area contributed by atoms with Crippen molar-refractivity contribution in [3.05, 3.63) is 45.3 Å². The van der Waals surface area contributed by atoms with Gasteiger partial charge in [-0.1, -0.05) is 0 Å². The van der Waals surface area contributed by atoms with Crippen LogP contribution in [-0.4, -0.2) is 24.7 Å². The maximum Gasteiger partial charge on any atom is 0.250 e. The lowest BCUT2D eigenvalue weighted by Crippen LogP contribution is -2.25. The van der Waals surface area contributed by atoms with Crippen LogP contribution in [0.4, 0.5) is 0 Å². The molecule has 0 atom stereocenters. The molecule has 0 saturated heterocycles. The van der Waals surface area contributed by atoms with Crippen LogP contribution in [0, 0.1) is 0 Å². The lowest BCUT2D eigenvalue weighted by atomic mass is 10.3. The van der Waals surface area contributed by atoms with Crippen LogP contribution in [0.15, 0.2) is 44.7 Å². The maximum atomic E-state index is 12.1. The first-order valence-corrected chi connectivity index (χ1v) is 10.7. The zero-order valence-electron chi connectivity index (χ0n) is 12.2. The molecule has 0 radical (unpaired) electrons. The van der Waals surface area contributed by atoms with Crippen LogP contribution in [0.2, 0.25) is 0 Å². The third kappa shape index (κ3) is 4.10. The summed E-state index contributed by atoms with van der Waals surface area (Å²) in [5, 5.41) is 4.16. The molecule has 0 aliphatic rings. The van der Waals surface area contributed by atoms with Crippen LogP contribution in [-0.2, 0) is 23.5 Å². The Morgan fingerprint density at radius 3 is 2.74 bits per heavy atom. The lowest BCUT2D eigenvalue weighted by molar-refractivity contribution is 0.584. The summed E-state index contributed by atoms with van der Waals surface area (Å²) in [5.74, 6) is 0. The summed E-state index contributed by atoms with van der Waals surface area (Å²) < 4.78 is 29.8. The molecule has 0 saturated carbocycles. The number of hydrogen-bond donors (Lipinski definition) is 1. The molecule has 9 heteroatoms. The van der Waals surface area contributed by atoms with Crippen molar-refractivity contribution in [2.75, 3.05) is 6.54 Å². The number of nitrogens with one attached hydrogen (secondary N) is 1. The highest BCUT2D eigenvalue weighted by atomic mass is 79.9. The van der Waals surface area contributed by atoms with E-state index in [4.69, 9.17) is 0 Å². The highest BCUT2D eigenvalue weighted by Crippen LogP contribution is 2.28. The fraction of sp³-hybridized carbons (Fsp3) is 0.214. The largest absolute Gasteiger partial charge is 0.275 e. The van der Waals surface area contributed by atoms with Gasteiger partial charge >= 0.3 is 0 Å². The van der Waals surface area contributed by atoms with Crippen molar-refractivity contribution in [3.8, 4) is 10.4 Å². The van der Waals surface area contributed by atoms with E-state index in [1.807, 2.05) is 31.6 Å². The van der Waals surface area contributed by atoms with E-state index in [0.29, 0.717) is 17.2 Å². The Bertz CT molecular complexity index is 911. The van der Waals surface area contributed by atoms with E-state index in [-0.39, 0.29) is 0 Å². The highest BCUT2D eigenvalue weighted by molar-refractivity contribution is 9.11. The molecule has 0 aliphatic heterocycles. The molecular weight excluding hydrogens is 418 g/mol. The number of aryl methyl sites for hydroxylation is 1. The van der Waals surface area contributed by atoms with Gasteiger partial charge in [-0.3, -0.25) is 4.68 Å². The third-order valence-electron chi connectivity index (χ3n) is 3.13. The van der Waals surface area contributed by atoms with Gasteiger partial charge in [-0.05, 0) is 46.6 Å². The van der Waals surface area contributed by atoms with Gasteiger partial charge in [0.1, 0.15) is 4.21 Å². The molecule has 0 fully saturated rings. The smallest absolute Gasteiger partial charge is 0.250 e. The van der Waals surface area contributed by atoms with E-state index in [1.54, 1.807) is 28.2 Å². The van der Waals surface area contributed by atoms with Gasteiger partial charge in [0.05, 0.1) is 9.98 Å². The minimum Gasteiger partial charge on any atom is -0.275 e. The predicted molar refractivity (Wildman–Crippen MR) is 97.4 cm³/mol. The van der Waals surface area contributed by atoms with E-state index in [9.17, 15) is 8.42 Å². The van der Waals surface area contributed by atoms with Crippen molar-refractivity contribution in [2.24, 2.45) is 7.05 Å². The number of halogens is 1. The monoisotopic (exact) mass is 431 g/mol. The molecule has 0 amide bonds. The number of rotatable bonds is 6. The number of hydrogen-bond acceptors (Lipinski definition) is 5.